The number of hydrogen-bond donors (Lipinski definition) is 0. The van der Waals surface area contributed by atoms with E-state index >= 15 is 0 Å². The number of nitrogens with zero attached hydrogens (tertiary/aromatic N) is 6. The van der Waals surface area contributed by atoms with Crippen LogP contribution in [0.15, 0.2) is 30.7 Å². The summed E-state index contributed by atoms with van der Waals surface area (Å²) in [4.78, 5) is 8.30. The van der Waals surface area contributed by atoms with Gasteiger partial charge in [0, 0.05) is 24.2 Å². The van der Waals surface area contributed by atoms with Gasteiger partial charge in [-0.2, -0.15) is 22.7 Å². The van der Waals surface area contributed by atoms with E-state index in [1.54, 1.807) is 23.0 Å². The van der Waals surface area contributed by atoms with Gasteiger partial charge < -0.3 is 0 Å². The largest absolute Gasteiger partial charge is 0.408 e. The molecule has 1 fully saturated rings. The number of hydrogen-bond acceptors (Lipinski definition) is 4. The van der Waals surface area contributed by atoms with Crippen molar-refractivity contribution in [3.8, 4) is 0 Å². The Morgan fingerprint density at radius 3 is 2.75 bits per heavy atom. The normalized spacial score (nSPS) is 19.6. The van der Waals surface area contributed by atoms with Crippen LogP contribution in [-0.4, -0.2) is 35.5 Å². The molecule has 0 aromatic carbocycles. The number of imidazole rings is 1. The fourth-order valence-corrected chi connectivity index (χ4v) is 3.81. The Morgan fingerprint density at radius 2 is 1.96 bits per heavy atom. The van der Waals surface area contributed by atoms with Crippen molar-refractivity contribution < 1.29 is 17.6 Å². The zero-order valence-corrected chi connectivity index (χ0v) is 14.8. The summed E-state index contributed by atoms with van der Waals surface area (Å²) in [5.41, 5.74) is 2.16. The molecule has 1 saturated carbocycles. The van der Waals surface area contributed by atoms with E-state index in [0.29, 0.717) is 15.5 Å². The van der Waals surface area contributed by atoms with Crippen LogP contribution in [0.2, 0.25) is 5.15 Å². The minimum absolute atomic E-state index is 0.0214. The topological polar surface area (TPSA) is 60.9 Å². The molecule has 1 aliphatic rings. The number of fused-ring (bicyclic) bond motifs is 2. The van der Waals surface area contributed by atoms with Gasteiger partial charge in [-0.3, -0.25) is 4.68 Å². The quantitative estimate of drug-likeness (QED) is 0.477. The number of rotatable bonds is 3. The van der Waals surface area contributed by atoms with Crippen LogP contribution in [0.3, 0.4) is 0 Å². The molecule has 6 nitrogen and oxygen atoms in total. The van der Waals surface area contributed by atoms with Crippen molar-refractivity contribution in [2.75, 3.05) is 0 Å². The highest BCUT2D eigenvalue weighted by Gasteiger charge is 2.42. The maximum atomic E-state index is 13.9. The van der Waals surface area contributed by atoms with Crippen molar-refractivity contribution in [1.29, 1.82) is 0 Å². The van der Waals surface area contributed by atoms with E-state index in [0.717, 1.165) is 17.5 Å². The van der Waals surface area contributed by atoms with E-state index in [-0.39, 0.29) is 22.9 Å². The number of alkyl halides is 3. The van der Waals surface area contributed by atoms with Gasteiger partial charge in [0.2, 0.25) is 0 Å². The number of aromatic nitrogens is 6. The van der Waals surface area contributed by atoms with Crippen LogP contribution in [0.1, 0.15) is 29.4 Å². The van der Waals surface area contributed by atoms with Crippen LogP contribution in [0.25, 0.3) is 16.7 Å². The van der Waals surface area contributed by atoms with Crippen LogP contribution in [-0.2, 0) is 6.54 Å². The minimum atomic E-state index is -4.51. The second-order valence-corrected chi connectivity index (χ2v) is 7.15. The summed E-state index contributed by atoms with van der Waals surface area (Å²) in [6.45, 7) is -1.37. The summed E-state index contributed by atoms with van der Waals surface area (Å²) in [5, 5.41) is 7.81. The van der Waals surface area contributed by atoms with Crippen molar-refractivity contribution in [2.45, 2.75) is 31.0 Å². The van der Waals surface area contributed by atoms with Crippen molar-refractivity contribution in [1.82, 2.24) is 29.4 Å². The maximum absolute atomic E-state index is 13.9. The van der Waals surface area contributed by atoms with E-state index in [1.807, 2.05) is 0 Å². The van der Waals surface area contributed by atoms with Gasteiger partial charge in [-0.1, -0.05) is 11.6 Å². The third-order valence-electron chi connectivity index (χ3n) is 4.88. The number of pyridine rings is 1. The molecule has 0 saturated heterocycles. The molecule has 0 unspecified atom stereocenters. The Kier molecular flexibility index (Phi) is 3.64. The molecule has 0 aliphatic heterocycles. The Balaban J connectivity index is 1.52. The second kappa shape index (κ2) is 5.87. The van der Waals surface area contributed by atoms with Gasteiger partial charge in [0.15, 0.2) is 5.65 Å². The fraction of sp³-hybridized carbons (Fsp3) is 0.294. The van der Waals surface area contributed by atoms with Crippen LogP contribution >= 0.6 is 11.6 Å². The predicted molar refractivity (Wildman–Crippen MR) is 91.6 cm³/mol. The molecule has 0 N–H and O–H groups in total. The molecular formula is C17H11ClF4N6. The smallest absolute Gasteiger partial charge is 0.251 e. The predicted octanol–water partition coefficient (Wildman–Crippen LogP) is 4.10. The molecule has 4 aromatic rings. The minimum Gasteiger partial charge on any atom is -0.251 e. The first-order chi connectivity index (χ1) is 13.3. The lowest BCUT2D eigenvalue weighted by Gasteiger charge is -2.08. The average molecular weight is 411 g/mol. The van der Waals surface area contributed by atoms with Gasteiger partial charge >= 0.3 is 6.18 Å². The fourth-order valence-electron chi connectivity index (χ4n) is 3.61. The molecule has 2 atom stereocenters. The van der Waals surface area contributed by atoms with E-state index < -0.39 is 18.7 Å². The first-order valence-corrected chi connectivity index (χ1v) is 8.76. The van der Waals surface area contributed by atoms with Crippen molar-refractivity contribution in [2.24, 2.45) is 0 Å². The molecule has 11 heteroatoms. The molecule has 0 amide bonds. The van der Waals surface area contributed by atoms with E-state index in [9.17, 15) is 17.6 Å². The summed E-state index contributed by atoms with van der Waals surface area (Å²) < 4.78 is 54.3. The van der Waals surface area contributed by atoms with Crippen molar-refractivity contribution >= 4 is 28.3 Å². The number of halogens is 5. The van der Waals surface area contributed by atoms with Crippen LogP contribution < -0.4 is 0 Å². The Labute approximate surface area is 159 Å². The third kappa shape index (κ3) is 2.88. The maximum Gasteiger partial charge on any atom is 0.408 e. The molecular weight excluding hydrogens is 400 g/mol. The second-order valence-electron chi connectivity index (χ2n) is 6.77. The Hall–Kier alpha value is -2.75. The zero-order valence-electron chi connectivity index (χ0n) is 14.0. The standard InChI is InChI=1S/C17H11ClF4N6/c18-13-5-11(16-23-1-2-27(16)25-13)10-4-9(10)8-3-12-14(24-6-8)15(19)26-28(12)7-17(20,21)22/h1-3,5-6,9-10H,4,7H2/t9-,10+/m1/s1. The lowest BCUT2D eigenvalue weighted by atomic mass is 10.1. The van der Waals surface area contributed by atoms with Gasteiger partial charge in [0.1, 0.15) is 17.2 Å². The summed E-state index contributed by atoms with van der Waals surface area (Å²) in [6.07, 6.45) is 1.04. The highest BCUT2D eigenvalue weighted by Crippen LogP contribution is 2.55. The first kappa shape index (κ1) is 17.4. The SMILES string of the molecule is Fc1nn(CC(F)(F)F)c2cc([C@H]3C[C@@H]3c3cc(Cl)nn4ccnc34)cnc12. The van der Waals surface area contributed by atoms with Crippen molar-refractivity contribution in [3.05, 3.63) is 53.0 Å². The molecule has 144 valence electrons. The highest BCUT2D eigenvalue weighted by atomic mass is 35.5. The summed E-state index contributed by atoms with van der Waals surface area (Å²) >= 11 is 6.08. The van der Waals surface area contributed by atoms with E-state index in [1.165, 1.54) is 12.3 Å². The molecule has 4 heterocycles. The third-order valence-corrected chi connectivity index (χ3v) is 5.06. The summed E-state index contributed by atoms with van der Waals surface area (Å²) in [5.74, 6) is -0.917. The molecule has 0 spiro atoms. The van der Waals surface area contributed by atoms with Gasteiger partial charge in [-0.05, 0) is 36.0 Å². The Bertz CT molecular complexity index is 1210. The monoisotopic (exact) mass is 410 g/mol. The molecule has 1 aliphatic carbocycles. The summed E-state index contributed by atoms with van der Waals surface area (Å²) in [6, 6.07) is 3.27. The lowest BCUT2D eigenvalue weighted by Crippen LogP contribution is -2.18. The highest BCUT2D eigenvalue weighted by molar-refractivity contribution is 6.29. The lowest BCUT2D eigenvalue weighted by molar-refractivity contribution is -0.142. The van der Waals surface area contributed by atoms with Gasteiger partial charge in [0.05, 0.1) is 5.52 Å². The zero-order chi connectivity index (χ0) is 19.6. The van der Waals surface area contributed by atoms with E-state index in [4.69, 9.17) is 11.6 Å². The van der Waals surface area contributed by atoms with E-state index in [2.05, 4.69) is 20.2 Å². The molecule has 0 bridgehead atoms. The van der Waals surface area contributed by atoms with Crippen LogP contribution in [0.4, 0.5) is 17.6 Å². The van der Waals surface area contributed by atoms with Gasteiger partial charge in [-0.25, -0.2) is 14.5 Å². The summed E-state index contributed by atoms with van der Waals surface area (Å²) in [7, 11) is 0. The molecule has 5 rings (SSSR count). The van der Waals surface area contributed by atoms with Gasteiger partial charge in [0.25, 0.3) is 5.95 Å². The first-order valence-electron chi connectivity index (χ1n) is 8.38. The molecule has 4 aromatic heterocycles. The van der Waals surface area contributed by atoms with Gasteiger partial charge in [-0.15, -0.1) is 5.10 Å². The van der Waals surface area contributed by atoms with Crippen LogP contribution in [0.5, 0.6) is 0 Å². The molecule has 28 heavy (non-hydrogen) atoms. The van der Waals surface area contributed by atoms with Crippen LogP contribution in [0, 0.1) is 5.95 Å². The molecule has 0 radical (unpaired) electrons. The average Bonchev–Trinajstić information content (AvgIpc) is 3.18. The van der Waals surface area contributed by atoms with Crippen molar-refractivity contribution in [3.63, 3.8) is 0 Å². The Morgan fingerprint density at radius 1 is 1.14 bits per heavy atom.